The number of alkyl carbamates (subject to hydrolysis) is 1. The highest BCUT2D eigenvalue weighted by Crippen LogP contribution is 2.44. The van der Waals surface area contributed by atoms with Crippen LogP contribution in [0.15, 0.2) is 48.5 Å². The van der Waals surface area contributed by atoms with Gasteiger partial charge >= 0.3 is 12.1 Å². The summed E-state index contributed by atoms with van der Waals surface area (Å²) in [5, 5.41) is 11.9. The minimum Gasteiger partial charge on any atom is -0.481 e. The van der Waals surface area contributed by atoms with Gasteiger partial charge in [-0.2, -0.15) is 11.8 Å². The van der Waals surface area contributed by atoms with Crippen molar-refractivity contribution in [2.45, 2.75) is 31.7 Å². The maximum atomic E-state index is 13.3. The van der Waals surface area contributed by atoms with E-state index in [2.05, 4.69) is 29.6 Å². The summed E-state index contributed by atoms with van der Waals surface area (Å²) in [6.07, 6.45) is 1.87. The van der Waals surface area contributed by atoms with Gasteiger partial charge in [0.1, 0.15) is 12.6 Å². The van der Waals surface area contributed by atoms with Crippen LogP contribution in [0.4, 0.5) is 4.79 Å². The summed E-state index contributed by atoms with van der Waals surface area (Å²) >= 11 is 1.60. The zero-order valence-electron chi connectivity index (χ0n) is 20.1. The number of amides is 2. The van der Waals surface area contributed by atoms with E-state index in [0.29, 0.717) is 25.3 Å². The maximum absolute atomic E-state index is 13.3. The maximum Gasteiger partial charge on any atom is 0.407 e. The van der Waals surface area contributed by atoms with Crippen molar-refractivity contribution in [2.75, 3.05) is 31.7 Å². The monoisotopic (exact) mass is 496 g/mol. The fourth-order valence-corrected chi connectivity index (χ4v) is 5.67. The molecule has 3 atom stereocenters. The molecule has 2 aromatic rings. The summed E-state index contributed by atoms with van der Waals surface area (Å²) in [6.45, 7) is 3.05. The quantitative estimate of drug-likeness (QED) is 0.540. The number of ether oxygens (including phenoxy) is 1. The summed E-state index contributed by atoms with van der Waals surface area (Å²) < 4.78 is 5.65. The highest BCUT2D eigenvalue weighted by Gasteiger charge is 2.37. The van der Waals surface area contributed by atoms with Crippen LogP contribution in [0, 0.1) is 11.8 Å². The van der Waals surface area contributed by atoms with E-state index in [9.17, 15) is 14.4 Å². The van der Waals surface area contributed by atoms with Crippen LogP contribution in [0.5, 0.6) is 0 Å². The van der Waals surface area contributed by atoms with E-state index >= 15 is 0 Å². The van der Waals surface area contributed by atoms with E-state index in [1.54, 1.807) is 16.7 Å². The number of carboxylic acids is 1. The Bertz CT molecular complexity index is 1050. The molecule has 7 nitrogen and oxygen atoms in total. The van der Waals surface area contributed by atoms with E-state index in [1.165, 1.54) is 0 Å². The molecule has 1 saturated heterocycles. The number of carboxylic acid groups (broad SMARTS) is 1. The molecule has 2 aromatic carbocycles. The number of carbonyl (C=O) groups excluding carboxylic acids is 2. The van der Waals surface area contributed by atoms with Gasteiger partial charge in [-0.25, -0.2) is 4.79 Å². The molecule has 2 unspecified atom stereocenters. The molecule has 0 aromatic heterocycles. The smallest absolute Gasteiger partial charge is 0.407 e. The van der Waals surface area contributed by atoms with Crippen molar-refractivity contribution in [2.24, 2.45) is 11.8 Å². The Morgan fingerprint density at radius 2 is 1.71 bits per heavy atom. The second kappa shape index (κ2) is 11.2. The largest absolute Gasteiger partial charge is 0.481 e. The minimum absolute atomic E-state index is 0.0419. The first-order valence-corrected chi connectivity index (χ1v) is 13.4. The molecule has 4 rings (SSSR count). The molecule has 186 valence electrons. The van der Waals surface area contributed by atoms with E-state index < -0.39 is 18.1 Å². The minimum atomic E-state index is -0.855. The van der Waals surface area contributed by atoms with Crippen LogP contribution in [0.25, 0.3) is 11.1 Å². The van der Waals surface area contributed by atoms with Crippen LogP contribution in [0.1, 0.15) is 36.8 Å². The summed E-state index contributed by atoms with van der Waals surface area (Å²) in [5.74, 6) is -0.344. The molecule has 8 heteroatoms. The van der Waals surface area contributed by atoms with Crippen LogP contribution in [-0.2, 0) is 14.3 Å². The zero-order chi connectivity index (χ0) is 24.9. The van der Waals surface area contributed by atoms with Crippen molar-refractivity contribution in [3.8, 4) is 11.1 Å². The molecular formula is C27H32N2O5S. The standard InChI is InChI=1S/C27H32N2O5S/c1-17-14-29(15-18(17)13-25(30)31)26(32)24(11-12-35-2)28-27(33)34-16-23-21-9-5-3-7-19(21)20-8-4-6-10-22(20)23/h3-10,17-18,23-24H,11-16H2,1-2H3,(H,28,33)(H,30,31)/t17?,18?,24-/m0/s1. The number of likely N-dealkylation sites (tertiary alicyclic amines) is 1. The van der Waals surface area contributed by atoms with Crippen LogP contribution in [-0.4, -0.2) is 65.7 Å². The van der Waals surface area contributed by atoms with Gasteiger partial charge in [-0.3, -0.25) is 9.59 Å². The summed E-state index contributed by atoms with van der Waals surface area (Å²) in [4.78, 5) is 38.9. The lowest BCUT2D eigenvalue weighted by atomic mass is 9.95. The van der Waals surface area contributed by atoms with E-state index in [-0.39, 0.29) is 36.7 Å². The number of nitrogens with zero attached hydrogens (tertiary/aromatic N) is 1. The predicted octanol–water partition coefficient (Wildman–Crippen LogP) is 4.22. The number of thioether (sulfide) groups is 1. The topological polar surface area (TPSA) is 95.9 Å². The SMILES string of the molecule is CSCC[C@H](NC(=O)OCC1c2ccccc2-c2ccccc21)C(=O)N1CC(C)C(CC(=O)O)C1. The summed E-state index contributed by atoms with van der Waals surface area (Å²) in [7, 11) is 0. The van der Waals surface area contributed by atoms with Crippen molar-refractivity contribution < 1.29 is 24.2 Å². The molecule has 1 aliphatic heterocycles. The van der Waals surface area contributed by atoms with E-state index in [1.807, 2.05) is 37.4 Å². The Morgan fingerprint density at radius 1 is 1.09 bits per heavy atom. The highest BCUT2D eigenvalue weighted by atomic mass is 32.2. The third-order valence-corrected chi connectivity index (χ3v) is 7.70. The Kier molecular flexibility index (Phi) is 8.00. The van der Waals surface area contributed by atoms with E-state index in [4.69, 9.17) is 9.84 Å². The number of aliphatic carboxylic acids is 1. The van der Waals surface area contributed by atoms with E-state index in [0.717, 1.165) is 22.3 Å². The fourth-order valence-electron chi connectivity index (χ4n) is 5.20. The normalized spacial score (nSPS) is 19.7. The van der Waals surface area contributed by atoms with Gasteiger partial charge in [0, 0.05) is 19.0 Å². The van der Waals surface area contributed by atoms with Crippen molar-refractivity contribution in [1.82, 2.24) is 10.2 Å². The molecule has 0 spiro atoms. The Balaban J connectivity index is 1.40. The lowest BCUT2D eigenvalue weighted by Crippen LogP contribution is -2.48. The van der Waals surface area contributed by atoms with Crippen molar-refractivity contribution in [1.29, 1.82) is 0 Å². The number of fused-ring (bicyclic) bond motifs is 3. The van der Waals surface area contributed by atoms with Crippen LogP contribution in [0.2, 0.25) is 0 Å². The van der Waals surface area contributed by atoms with Crippen LogP contribution >= 0.6 is 11.8 Å². The molecule has 0 bridgehead atoms. The highest BCUT2D eigenvalue weighted by molar-refractivity contribution is 7.98. The van der Waals surface area contributed by atoms with Gasteiger partial charge < -0.3 is 20.1 Å². The van der Waals surface area contributed by atoms with Crippen LogP contribution < -0.4 is 5.32 Å². The Hall–Kier alpha value is -3.00. The predicted molar refractivity (Wildman–Crippen MR) is 136 cm³/mol. The Labute approximate surface area is 210 Å². The molecule has 2 N–H and O–H groups in total. The lowest BCUT2D eigenvalue weighted by Gasteiger charge is -2.24. The first-order chi connectivity index (χ1) is 16.9. The van der Waals surface area contributed by atoms with Crippen molar-refractivity contribution in [3.05, 3.63) is 59.7 Å². The molecule has 2 amide bonds. The zero-order valence-corrected chi connectivity index (χ0v) is 20.9. The molecule has 2 aliphatic rings. The first-order valence-electron chi connectivity index (χ1n) is 12.0. The number of hydrogen-bond acceptors (Lipinski definition) is 5. The number of hydrogen-bond donors (Lipinski definition) is 2. The molecule has 0 radical (unpaired) electrons. The van der Waals surface area contributed by atoms with Gasteiger partial charge in [0.15, 0.2) is 0 Å². The van der Waals surface area contributed by atoms with Crippen LogP contribution in [0.3, 0.4) is 0 Å². The van der Waals surface area contributed by atoms with Gasteiger partial charge in [-0.05, 0) is 52.5 Å². The van der Waals surface area contributed by atoms with Gasteiger partial charge in [-0.15, -0.1) is 0 Å². The van der Waals surface area contributed by atoms with Crippen molar-refractivity contribution in [3.63, 3.8) is 0 Å². The lowest BCUT2D eigenvalue weighted by molar-refractivity contribution is -0.138. The second-order valence-corrected chi connectivity index (χ2v) is 10.4. The number of rotatable bonds is 9. The average Bonchev–Trinajstić information content (AvgIpc) is 3.37. The number of carbonyl (C=O) groups is 3. The van der Waals surface area contributed by atoms with Crippen molar-refractivity contribution >= 4 is 29.7 Å². The van der Waals surface area contributed by atoms with Gasteiger partial charge in [0.2, 0.25) is 5.91 Å². The third-order valence-electron chi connectivity index (χ3n) is 7.06. The fraction of sp³-hybridized carbons (Fsp3) is 0.444. The molecule has 1 aliphatic carbocycles. The Morgan fingerprint density at radius 3 is 2.31 bits per heavy atom. The molecule has 0 saturated carbocycles. The summed E-state index contributed by atoms with van der Waals surface area (Å²) in [6, 6.07) is 15.6. The molecule has 35 heavy (non-hydrogen) atoms. The molecule has 1 heterocycles. The molecular weight excluding hydrogens is 464 g/mol. The average molecular weight is 497 g/mol. The number of benzene rings is 2. The molecule has 1 fully saturated rings. The number of nitrogens with one attached hydrogen (secondary N) is 1. The second-order valence-electron chi connectivity index (χ2n) is 9.38. The van der Waals surface area contributed by atoms with Gasteiger partial charge in [-0.1, -0.05) is 55.5 Å². The van der Waals surface area contributed by atoms with Gasteiger partial charge in [0.05, 0.1) is 6.42 Å². The first kappa shape index (κ1) is 25.1. The third kappa shape index (κ3) is 5.64. The van der Waals surface area contributed by atoms with Gasteiger partial charge in [0.25, 0.3) is 0 Å². The summed E-state index contributed by atoms with van der Waals surface area (Å²) in [5.41, 5.74) is 4.58.